The molecule has 0 unspecified atom stereocenters. The molecular formula is C21H24O3. The predicted octanol–water partition coefficient (Wildman–Crippen LogP) is 4.44. The van der Waals surface area contributed by atoms with Crippen molar-refractivity contribution in [1.29, 1.82) is 0 Å². The van der Waals surface area contributed by atoms with Crippen molar-refractivity contribution in [3.8, 4) is 0 Å². The van der Waals surface area contributed by atoms with E-state index in [-0.39, 0.29) is 18.2 Å². The summed E-state index contributed by atoms with van der Waals surface area (Å²) in [5.41, 5.74) is 4.31. The number of ketones is 2. The molecule has 3 nitrogen and oxygen atoms in total. The SMILES string of the molecule is CC1=C(C/C=C(\C)CC/C=C(\C)CO)C(=O)c2ccccc2C1=O. The average molecular weight is 324 g/mol. The highest BCUT2D eigenvalue weighted by atomic mass is 16.3. The number of allylic oxidation sites excluding steroid dienone is 5. The maximum atomic E-state index is 12.7. The fraction of sp³-hybridized carbons (Fsp3) is 0.333. The van der Waals surface area contributed by atoms with Crippen molar-refractivity contribution in [1.82, 2.24) is 0 Å². The Balaban J connectivity index is 2.12. The summed E-state index contributed by atoms with van der Waals surface area (Å²) in [6, 6.07) is 7.02. The van der Waals surface area contributed by atoms with Crippen LogP contribution in [-0.4, -0.2) is 23.3 Å². The van der Waals surface area contributed by atoms with E-state index in [1.165, 1.54) is 5.57 Å². The number of fused-ring (bicyclic) bond motifs is 1. The summed E-state index contributed by atoms with van der Waals surface area (Å²) in [7, 11) is 0. The second-order valence-electron chi connectivity index (χ2n) is 6.31. The van der Waals surface area contributed by atoms with Gasteiger partial charge in [-0.3, -0.25) is 9.59 Å². The number of Topliss-reactive ketones (excluding diaryl/α,β-unsaturated/α-hetero) is 2. The smallest absolute Gasteiger partial charge is 0.190 e. The Morgan fingerprint density at radius 3 is 2.25 bits per heavy atom. The molecule has 0 radical (unpaired) electrons. The second-order valence-corrected chi connectivity index (χ2v) is 6.31. The minimum absolute atomic E-state index is 0.0391. The standard InChI is InChI=1S/C21H24O3/c1-14(7-6-8-15(2)13-22)11-12-17-16(3)20(23)18-9-4-5-10-19(18)21(17)24/h4-5,8-11,22H,6-7,12-13H2,1-3H3/b14-11+,15-8+. The Hall–Kier alpha value is -2.26. The summed E-state index contributed by atoms with van der Waals surface area (Å²) in [5.74, 6) is -0.0875. The molecule has 0 amide bonds. The van der Waals surface area contributed by atoms with E-state index in [1.807, 2.05) is 26.0 Å². The zero-order valence-electron chi connectivity index (χ0n) is 14.6. The third kappa shape index (κ3) is 3.98. The highest BCUT2D eigenvalue weighted by molar-refractivity contribution is 6.26. The van der Waals surface area contributed by atoms with Crippen LogP contribution in [0.1, 0.15) is 60.7 Å². The first-order chi connectivity index (χ1) is 11.5. The number of aliphatic hydroxyl groups is 1. The third-order valence-electron chi connectivity index (χ3n) is 4.42. The fourth-order valence-corrected chi connectivity index (χ4v) is 2.79. The number of hydrogen-bond acceptors (Lipinski definition) is 3. The molecule has 0 aliphatic heterocycles. The van der Waals surface area contributed by atoms with Crippen LogP contribution in [0.3, 0.4) is 0 Å². The first kappa shape index (κ1) is 18.1. The van der Waals surface area contributed by atoms with Gasteiger partial charge in [0.05, 0.1) is 6.61 Å². The number of benzene rings is 1. The highest BCUT2D eigenvalue weighted by Crippen LogP contribution is 2.28. The van der Waals surface area contributed by atoms with Gasteiger partial charge in [-0.25, -0.2) is 0 Å². The zero-order chi connectivity index (χ0) is 17.7. The summed E-state index contributed by atoms with van der Waals surface area (Å²) in [4.78, 5) is 25.1. The number of hydrogen-bond donors (Lipinski definition) is 1. The minimum atomic E-state index is -0.0484. The van der Waals surface area contributed by atoms with Gasteiger partial charge < -0.3 is 5.11 Å². The molecule has 0 heterocycles. The lowest BCUT2D eigenvalue weighted by atomic mass is 9.83. The molecule has 126 valence electrons. The summed E-state index contributed by atoms with van der Waals surface area (Å²) in [6.07, 6.45) is 6.28. The molecule has 3 heteroatoms. The van der Waals surface area contributed by atoms with Gasteiger partial charge in [0.25, 0.3) is 0 Å². The molecule has 1 aliphatic rings. The van der Waals surface area contributed by atoms with Crippen molar-refractivity contribution in [2.75, 3.05) is 6.61 Å². The monoisotopic (exact) mass is 324 g/mol. The van der Waals surface area contributed by atoms with Crippen LogP contribution in [0, 0.1) is 0 Å². The molecule has 2 rings (SSSR count). The van der Waals surface area contributed by atoms with Crippen LogP contribution in [0.5, 0.6) is 0 Å². The van der Waals surface area contributed by atoms with Crippen molar-refractivity contribution in [3.63, 3.8) is 0 Å². The van der Waals surface area contributed by atoms with E-state index in [9.17, 15) is 9.59 Å². The van der Waals surface area contributed by atoms with Crippen molar-refractivity contribution in [2.45, 2.75) is 40.0 Å². The Morgan fingerprint density at radius 1 is 1.00 bits per heavy atom. The van der Waals surface area contributed by atoms with Gasteiger partial charge >= 0.3 is 0 Å². The Kier molecular flexibility index (Phi) is 6.04. The summed E-state index contributed by atoms with van der Waals surface area (Å²) >= 11 is 0. The molecule has 1 aromatic rings. The average Bonchev–Trinajstić information content (AvgIpc) is 2.59. The van der Waals surface area contributed by atoms with E-state index >= 15 is 0 Å². The van der Waals surface area contributed by atoms with Gasteiger partial charge in [0, 0.05) is 22.3 Å². The normalized spacial score (nSPS) is 15.8. The third-order valence-corrected chi connectivity index (χ3v) is 4.42. The summed E-state index contributed by atoms with van der Waals surface area (Å²) in [5, 5.41) is 8.98. The van der Waals surface area contributed by atoms with E-state index in [1.54, 1.807) is 31.2 Å². The molecule has 24 heavy (non-hydrogen) atoms. The van der Waals surface area contributed by atoms with E-state index < -0.39 is 0 Å². The number of rotatable bonds is 6. The fourth-order valence-electron chi connectivity index (χ4n) is 2.79. The van der Waals surface area contributed by atoms with Crippen LogP contribution in [0.25, 0.3) is 0 Å². The van der Waals surface area contributed by atoms with Crippen LogP contribution in [-0.2, 0) is 0 Å². The molecule has 0 spiro atoms. The van der Waals surface area contributed by atoms with Gasteiger partial charge in [-0.15, -0.1) is 0 Å². The Bertz CT molecular complexity index is 748. The molecule has 0 bridgehead atoms. The second kappa shape index (κ2) is 8.02. The molecular weight excluding hydrogens is 300 g/mol. The quantitative estimate of drug-likeness (QED) is 0.787. The lowest BCUT2D eigenvalue weighted by Crippen LogP contribution is -2.20. The van der Waals surface area contributed by atoms with Crippen LogP contribution in [0.2, 0.25) is 0 Å². The van der Waals surface area contributed by atoms with Crippen LogP contribution in [0.15, 0.2) is 58.7 Å². The molecule has 1 aromatic carbocycles. The van der Waals surface area contributed by atoms with E-state index in [0.717, 1.165) is 18.4 Å². The van der Waals surface area contributed by atoms with Gasteiger partial charge in [0.1, 0.15) is 0 Å². The Labute approximate surface area is 143 Å². The van der Waals surface area contributed by atoms with Crippen molar-refractivity contribution in [2.24, 2.45) is 0 Å². The molecule has 0 saturated heterocycles. The van der Waals surface area contributed by atoms with Crippen LogP contribution in [0.4, 0.5) is 0 Å². The molecule has 0 atom stereocenters. The minimum Gasteiger partial charge on any atom is -0.392 e. The lowest BCUT2D eigenvalue weighted by molar-refractivity contribution is 0.0973. The molecule has 1 N–H and O–H groups in total. The topological polar surface area (TPSA) is 54.4 Å². The largest absolute Gasteiger partial charge is 0.392 e. The van der Waals surface area contributed by atoms with Gasteiger partial charge in [-0.2, -0.15) is 0 Å². The lowest BCUT2D eigenvalue weighted by Gasteiger charge is -2.18. The summed E-state index contributed by atoms with van der Waals surface area (Å²) in [6.45, 7) is 5.75. The number of carbonyl (C=O) groups is 2. The maximum Gasteiger partial charge on any atom is 0.190 e. The number of aliphatic hydroxyl groups excluding tert-OH is 1. The van der Waals surface area contributed by atoms with Crippen molar-refractivity contribution < 1.29 is 14.7 Å². The summed E-state index contributed by atoms with van der Waals surface area (Å²) < 4.78 is 0. The Morgan fingerprint density at radius 2 is 1.62 bits per heavy atom. The van der Waals surface area contributed by atoms with Crippen molar-refractivity contribution >= 4 is 11.6 Å². The van der Waals surface area contributed by atoms with Gasteiger partial charge in [-0.1, -0.05) is 47.6 Å². The van der Waals surface area contributed by atoms with Gasteiger partial charge in [-0.05, 0) is 40.0 Å². The van der Waals surface area contributed by atoms with Gasteiger partial charge in [0.15, 0.2) is 11.6 Å². The molecule has 0 aromatic heterocycles. The van der Waals surface area contributed by atoms with E-state index in [0.29, 0.717) is 28.7 Å². The molecule has 1 aliphatic carbocycles. The number of carbonyl (C=O) groups excluding carboxylic acids is 2. The first-order valence-corrected chi connectivity index (χ1v) is 8.26. The molecule has 0 saturated carbocycles. The molecule has 0 fully saturated rings. The van der Waals surface area contributed by atoms with Gasteiger partial charge in [0.2, 0.25) is 0 Å². The van der Waals surface area contributed by atoms with Crippen molar-refractivity contribution in [3.05, 3.63) is 69.8 Å². The van der Waals surface area contributed by atoms with Crippen LogP contribution >= 0.6 is 0 Å². The van der Waals surface area contributed by atoms with E-state index in [4.69, 9.17) is 5.11 Å². The predicted molar refractivity (Wildman–Crippen MR) is 96.3 cm³/mol. The van der Waals surface area contributed by atoms with E-state index in [2.05, 4.69) is 0 Å². The zero-order valence-corrected chi connectivity index (χ0v) is 14.6. The maximum absolute atomic E-state index is 12.7. The highest BCUT2D eigenvalue weighted by Gasteiger charge is 2.28. The van der Waals surface area contributed by atoms with Crippen LogP contribution < -0.4 is 0 Å². The first-order valence-electron chi connectivity index (χ1n) is 8.26.